The molecule has 34 heavy (non-hydrogen) atoms. The molecule has 5 nitrogen and oxygen atoms in total. The Morgan fingerprint density at radius 1 is 1.03 bits per heavy atom. The number of carbonyl (C=O) groups is 1. The van der Waals surface area contributed by atoms with Crippen molar-refractivity contribution in [3.8, 4) is 0 Å². The molecule has 2 aromatic heterocycles. The molecule has 1 aliphatic heterocycles. The van der Waals surface area contributed by atoms with Crippen molar-refractivity contribution in [3.63, 3.8) is 0 Å². The van der Waals surface area contributed by atoms with Gasteiger partial charge in [-0.15, -0.1) is 11.3 Å². The molecular formula is C28H38N4OS. The van der Waals surface area contributed by atoms with Gasteiger partial charge in [-0.05, 0) is 44.2 Å². The molecule has 6 heteroatoms. The Hall–Kier alpha value is -2.47. The minimum absolute atomic E-state index is 0.170. The lowest BCUT2D eigenvalue weighted by Gasteiger charge is -2.37. The predicted molar refractivity (Wildman–Crippen MR) is 143 cm³/mol. The summed E-state index contributed by atoms with van der Waals surface area (Å²) in [4.78, 5) is 30.0. The quantitative estimate of drug-likeness (QED) is 0.381. The third kappa shape index (κ3) is 5.43. The van der Waals surface area contributed by atoms with E-state index in [9.17, 15) is 4.79 Å². The number of aromatic nitrogens is 2. The van der Waals surface area contributed by atoms with E-state index in [1.807, 2.05) is 0 Å². The van der Waals surface area contributed by atoms with Crippen LogP contribution in [0.25, 0.3) is 10.2 Å². The van der Waals surface area contributed by atoms with Gasteiger partial charge in [0.25, 0.3) is 0 Å². The van der Waals surface area contributed by atoms with Gasteiger partial charge < -0.3 is 9.80 Å². The van der Waals surface area contributed by atoms with Crippen LogP contribution >= 0.6 is 11.3 Å². The van der Waals surface area contributed by atoms with Crippen LogP contribution in [0.2, 0.25) is 0 Å². The minimum Gasteiger partial charge on any atom is -0.352 e. The number of aryl methyl sites for hydroxylation is 4. The maximum absolute atomic E-state index is 13.1. The Balaban J connectivity index is 1.52. The highest BCUT2D eigenvalue weighted by atomic mass is 32.1. The normalized spacial score (nSPS) is 15.2. The lowest BCUT2D eigenvalue weighted by Crippen LogP contribution is -2.50. The van der Waals surface area contributed by atoms with Crippen LogP contribution in [0, 0.1) is 19.8 Å². The fourth-order valence-corrected chi connectivity index (χ4v) is 5.91. The van der Waals surface area contributed by atoms with Crippen molar-refractivity contribution in [2.24, 2.45) is 5.92 Å². The zero-order valence-electron chi connectivity index (χ0n) is 21.1. The highest BCUT2D eigenvalue weighted by Gasteiger charge is 2.28. The molecule has 3 aromatic rings. The predicted octanol–water partition coefficient (Wildman–Crippen LogP) is 5.96. The highest BCUT2D eigenvalue weighted by Crippen LogP contribution is 2.35. The summed E-state index contributed by atoms with van der Waals surface area (Å²) < 4.78 is 0. The summed E-state index contributed by atoms with van der Waals surface area (Å²) in [7, 11) is 0. The number of fused-ring (bicyclic) bond motifs is 1. The van der Waals surface area contributed by atoms with E-state index in [1.54, 1.807) is 11.3 Å². The first-order valence-corrected chi connectivity index (χ1v) is 13.7. The van der Waals surface area contributed by atoms with E-state index in [4.69, 9.17) is 9.97 Å². The van der Waals surface area contributed by atoms with Gasteiger partial charge in [0, 0.05) is 43.4 Å². The number of hydrogen-bond donors (Lipinski definition) is 0. The number of hydrogen-bond acceptors (Lipinski definition) is 5. The average Bonchev–Trinajstić information content (AvgIpc) is 3.16. The van der Waals surface area contributed by atoms with Crippen molar-refractivity contribution in [3.05, 3.63) is 52.2 Å². The van der Waals surface area contributed by atoms with E-state index >= 15 is 0 Å². The molecule has 0 saturated carbocycles. The second-order valence-electron chi connectivity index (χ2n) is 9.47. The molecule has 1 saturated heterocycles. The van der Waals surface area contributed by atoms with Crippen molar-refractivity contribution in [2.75, 3.05) is 31.1 Å². The summed E-state index contributed by atoms with van der Waals surface area (Å²) >= 11 is 1.77. The van der Waals surface area contributed by atoms with E-state index in [-0.39, 0.29) is 5.92 Å². The van der Waals surface area contributed by atoms with Crippen molar-refractivity contribution in [1.82, 2.24) is 14.9 Å². The van der Waals surface area contributed by atoms with Crippen molar-refractivity contribution in [1.29, 1.82) is 0 Å². The van der Waals surface area contributed by atoms with Gasteiger partial charge in [0.15, 0.2) is 0 Å². The van der Waals surface area contributed by atoms with Crippen LogP contribution in [-0.2, 0) is 17.6 Å². The SMILES string of the molecule is CCCC[C@@H](CC)C(=O)N1CCN(c2nc(CCc3ccccc3)nc3sc(C)c(C)c23)CC1. The number of carbonyl (C=O) groups excluding carboxylic acids is 1. The first-order valence-electron chi connectivity index (χ1n) is 12.9. The minimum atomic E-state index is 0.170. The fourth-order valence-electron chi connectivity index (χ4n) is 4.86. The Labute approximate surface area is 208 Å². The van der Waals surface area contributed by atoms with Crippen LogP contribution in [0.1, 0.15) is 61.4 Å². The fraction of sp³-hybridized carbons (Fsp3) is 0.536. The second-order valence-corrected chi connectivity index (χ2v) is 10.7. The number of nitrogens with zero attached hydrogens (tertiary/aromatic N) is 4. The lowest BCUT2D eigenvalue weighted by molar-refractivity contribution is -0.136. The zero-order valence-corrected chi connectivity index (χ0v) is 22.0. The Kier molecular flexibility index (Phi) is 8.19. The van der Waals surface area contributed by atoms with Gasteiger partial charge in [-0.2, -0.15) is 0 Å². The van der Waals surface area contributed by atoms with E-state index in [1.165, 1.54) is 21.4 Å². The van der Waals surface area contributed by atoms with E-state index in [0.29, 0.717) is 5.91 Å². The second kappa shape index (κ2) is 11.3. The molecule has 1 aliphatic rings. The molecule has 1 atom stereocenters. The molecule has 0 aliphatic carbocycles. The Bertz CT molecular complexity index is 1100. The van der Waals surface area contributed by atoms with E-state index in [0.717, 1.165) is 81.2 Å². The van der Waals surface area contributed by atoms with Crippen LogP contribution in [0.5, 0.6) is 0 Å². The third-order valence-corrected chi connectivity index (χ3v) is 8.28. The van der Waals surface area contributed by atoms with Gasteiger partial charge in [0.1, 0.15) is 16.5 Å². The van der Waals surface area contributed by atoms with Crippen LogP contribution in [0.3, 0.4) is 0 Å². The molecule has 1 amide bonds. The third-order valence-electron chi connectivity index (χ3n) is 7.18. The molecule has 3 heterocycles. The maximum atomic E-state index is 13.1. The topological polar surface area (TPSA) is 49.3 Å². The van der Waals surface area contributed by atoms with Crippen molar-refractivity contribution >= 4 is 33.3 Å². The van der Waals surface area contributed by atoms with Gasteiger partial charge in [0.2, 0.25) is 5.91 Å². The molecule has 0 unspecified atom stereocenters. The summed E-state index contributed by atoms with van der Waals surface area (Å²) in [6.07, 6.45) is 5.99. The molecule has 0 bridgehead atoms. The molecule has 1 fully saturated rings. The number of piperazine rings is 1. The maximum Gasteiger partial charge on any atom is 0.225 e. The van der Waals surface area contributed by atoms with Gasteiger partial charge in [0.05, 0.1) is 5.39 Å². The molecule has 4 rings (SSSR count). The van der Waals surface area contributed by atoms with Crippen LogP contribution in [0.4, 0.5) is 5.82 Å². The number of anilines is 1. The molecule has 0 radical (unpaired) electrons. The highest BCUT2D eigenvalue weighted by molar-refractivity contribution is 7.18. The molecule has 182 valence electrons. The van der Waals surface area contributed by atoms with Crippen LogP contribution in [0.15, 0.2) is 30.3 Å². The number of benzene rings is 1. The largest absolute Gasteiger partial charge is 0.352 e. The Morgan fingerprint density at radius 2 is 1.76 bits per heavy atom. The van der Waals surface area contributed by atoms with E-state index < -0.39 is 0 Å². The van der Waals surface area contributed by atoms with Crippen molar-refractivity contribution < 1.29 is 4.79 Å². The number of amides is 1. The first kappa shape index (κ1) is 24.6. The number of rotatable bonds is 9. The monoisotopic (exact) mass is 478 g/mol. The lowest BCUT2D eigenvalue weighted by atomic mass is 9.97. The van der Waals surface area contributed by atoms with E-state index in [2.05, 4.69) is 67.8 Å². The van der Waals surface area contributed by atoms with Crippen LogP contribution < -0.4 is 4.90 Å². The molecule has 0 spiro atoms. The number of unbranched alkanes of at least 4 members (excludes halogenated alkanes) is 1. The average molecular weight is 479 g/mol. The van der Waals surface area contributed by atoms with Crippen LogP contribution in [-0.4, -0.2) is 47.0 Å². The zero-order chi connectivity index (χ0) is 24.1. The molecule has 0 N–H and O–H groups in total. The first-order chi connectivity index (χ1) is 16.5. The summed E-state index contributed by atoms with van der Waals surface area (Å²) in [5.41, 5.74) is 2.60. The van der Waals surface area contributed by atoms with Gasteiger partial charge in [-0.1, -0.05) is 57.0 Å². The summed E-state index contributed by atoms with van der Waals surface area (Å²) in [6, 6.07) is 10.6. The van der Waals surface area contributed by atoms with Crippen molar-refractivity contribution in [2.45, 2.75) is 66.2 Å². The molecular weight excluding hydrogens is 440 g/mol. The summed E-state index contributed by atoms with van der Waals surface area (Å²) in [5, 5.41) is 1.19. The van der Waals surface area contributed by atoms with Gasteiger partial charge in [-0.25, -0.2) is 9.97 Å². The summed E-state index contributed by atoms with van der Waals surface area (Å²) in [6.45, 7) is 11.9. The number of thiophene rings is 1. The van der Waals surface area contributed by atoms with Gasteiger partial charge in [-0.3, -0.25) is 4.79 Å². The molecule has 1 aromatic carbocycles. The summed E-state index contributed by atoms with van der Waals surface area (Å²) in [5.74, 6) is 2.48. The van der Waals surface area contributed by atoms with Gasteiger partial charge >= 0.3 is 0 Å². The standard InChI is InChI=1S/C28H38N4OS/c1-5-7-13-23(6-2)28(33)32-18-16-31(17-19-32)26-25-20(3)21(4)34-27(25)30-24(29-26)15-14-22-11-9-8-10-12-22/h8-12,23H,5-7,13-19H2,1-4H3/t23-/m1/s1. The smallest absolute Gasteiger partial charge is 0.225 e. The Morgan fingerprint density at radius 3 is 2.44 bits per heavy atom.